The molecule has 0 atom stereocenters. The third-order valence-electron chi connectivity index (χ3n) is 2.44. The zero-order chi connectivity index (χ0) is 13.5. The van der Waals surface area contributed by atoms with Gasteiger partial charge in [-0.2, -0.15) is 5.26 Å². The van der Waals surface area contributed by atoms with Crippen molar-refractivity contribution in [1.29, 1.82) is 5.26 Å². The van der Waals surface area contributed by atoms with Crippen molar-refractivity contribution in [3.05, 3.63) is 28.2 Å². The lowest BCUT2D eigenvalue weighted by molar-refractivity contribution is 0.0776. The molecule has 18 heavy (non-hydrogen) atoms. The van der Waals surface area contributed by atoms with Gasteiger partial charge in [-0.3, -0.25) is 4.79 Å². The van der Waals surface area contributed by atoms with E-state index in [1.54, 1.807) is 25.3 Å². The number of halogens is 1. The molecule has 4 nitrogen and oxygen atoms in total. The summed E-state index contributed by atoms with van der Waals surface area (Å²) < 4.78 is 5.84. The summed E-state index contributed by atoms with van der Waals surface area (Å²) >= 11 is 3.34. The van der Waals surface area contributed by atoms with Gasteiger partial charge in [-0.25, -0.2) is 0 Å². The molecule has 0 N–H and O–H groups in total. The highest BCUT2D eigenvalue weighted by Gasteiger charge is 2.15. The summed E-state index contributed by atoms with van der Waals surface area (Å²) in [6.07, 6.45) is 0.824. The van der Waals surface area contributed by atoms with E-state index in [9.17, 15) is 4.79 Å². The minimum Gasteiger partial charge on any atom is -0.496 e. The van der Waals surface area contributed by atoms with Gasteiger partial charge in [0.25, 0.3) is 5.91 Å². The van der Waals surface area contributed by atoms with Crippen LogP contribution in [0.2, 0.25) is 0 Å². The molecule has 0 aliphatic heterocycles. The number of hydrogen-bond donors (Lipinski definition) is 0. The summed E-state index contributed by atoms with van der Waals surface area (Å²) in [5.74, 6) is 0.538. The first kappa shape index (κ1) is 14.5. The van der Waals surface area contributed by atoms with Gasteiger partial charge in [-0.05, 0) is 40.5 Å². The molecule has 0 unspecified atom stereocenters. The van der Waals surface area contributed by atoms with E-state index in [4.69, 9.17) is 10.00 Å². The zero-order valence-electron chi connectivity index (χ0n) is 10.4. The summed E-state index contributed by atoms with van der Waals surface area (Å²) in [6.45, 7) is 2.66. The van der Waals surface area contributed by atoms with Crippen molar-refractivity contribution in [1.82, 2.24) is 4.90 Å². The third kappa shape index (κ3) is 3.47. The van der Waals surface area contributed by atoms with E-state index in [0.717, 1.165) is 10.9 Å². The zero-order valence-corrected chi connectivity index (χ0v) is 12.0. The molecule has 1 amide bonds. The van der Waals surface area contributed by atoms with E-state index in [2.05, 4.69) is 15.9 Å². The third-order valence-corrected chi connectivity index (χ3v) is 3.06. The molecule has 5 heteroatoms. The van der Waals surface area contributed by atoms with Crippen molar-refractivity contribution >= 4 is 21.8 Å². The molecule has 0 heterocycles. The standard InChI is InChI=1S/C13H15BrN2O2/c1-3-7-16(8-6-15)13(17)10-4-5-12(18-2)11(14)9-10/h4-5,9H,3,7-8H2,1-2H3. The highest BCUT2D eigenvalue weighted by atomic mass is 79.9. The van der Waals surface area contributed by atoms with Crippen LogP contribution in [0.25, 0.3) is 0 Å². The lowest BCUT2D eigenvalue weighted by atomic mass is 10.2. The van der Waals surface area contributed by atoms with Crippen LogP contribution < -0.4 is 4.74 Å². The fourth-order valence-electron chi connectivity index (χ4n) is 1.59. The van der Waals surface area contributed by atoms with Crippen molar-refractivity contribution < 1.29 is 9.53 Å². The molecule has 96 valence electrons. The molecule has 0 saturated carbocycles. The topological polar surface area (TPSA) is 53.3 Å². The Labute approximate surface area is 115 Å². The summed E-state index contributed by atoms with van der Waals surface area (Å²) in [4.78, 5) is 13.7. The average molecular weight is 311 g/mol. The van der Waals surface area contributed by atoms with Crippen LogP contribution >= 0.6 is 15.9 Å². The van der Waals surface area contributed by atoms with E-state index in [0.29, 0.717) is 17.9 Å². The van der Waals surface area contributed by atoms with Crippen molar-refractivity contribution in [2.75, 3.05) is 20.2 Å². The second-order valence-electron chi connectivity index (χ2n) is 3.73. The number of nitriles is 1. The molecular formula is C13H15BrN2O2. The fourth-order valence-corrected chi connectivity index (χ4v) is 2.13. The number of nitrogens with zero attached hydrogens (tertiary/aromatic N) is 2. The molecule has 0 spiro atoms. The number of hydrogen-bond acceptors (Lipinski definition) is 3. The van der Waals surface area contributed by atoms with E-state index in [-0.39, 0.29) is 12.5 Å². The molecule has 1 aromatic rings. The molecule has 0 saturated heterocycles. The Balaban J connectivity index is 2.95. The predicted octanol–water partition coefficient (Wildman–Crippen LogP) is 2.83. The summed E-state index contributed by atoms with van der Waals surface area (Å²) in [7, 11) is 1.57. The molecule has 1 aromatic carbocycles. The maximum absolute atomic E-state index is 12.2. The first-order valence-electron chi connectivity index (χ1n) is 5.63. The molecule has 1 rings (SSSR count). The number of amides is 1. The Morgan fingerprint density at radius 3 is 2.78 bits per heavy atom. The second-order valence-corrected chi connectivity index (χ2v) is 4.59. The summed E-state index contributed by atoms with van der Waals surface area (Å²) in [6, 6.07) is 7.15. The van der Waals surface area contributed by atoms with Gasteiger partial charge in [0.2, 0.25) is 0 Å². The number of benzene rings is 1. The van der Waals surface area contributed by atoms with Crippen LogP contribution in [0.15, 0.2) is 22.7 Å². The van der Waals surface area contributed by atoms with Gasteiger partial charge in [-0.1, -0.05) is 6.92 Å². The van der Waals surface area contributed by atoms with E-state index >= 15 is 0 Å². The smallest absolute Gasteiger partial charge is 0.254 e. The molecule has 0 aromatic heterocycles. The Morgan fingerprint density at radius 1 is 1.56 bits per heavy atom. The predicted molar refractivity (Wildman–Crippen MR) is 72.5 cm³/mol. The maximum atomic E-state index is 12.2. The van der Waals surface area contributed by atoms with Crippen LogP contribution in [-0.2, 0) is 0 Å². The van der Waals surface area contributed by atoms with E-state index in [1.807, 2.05) is 13.0 Å². The number of carbonyl (C=O) groups excluding carboxylic acids is 1. The second kappa shape index (κ2) is 7.02. The van der Waals surface area contributed by atoms with Crippen LogP contribution in [0.1, 0.15) is 23.7 Å². The van der Waals surface area contributed by atoms with Gasteiger partial charge in [-0.15, -0.1) is 0 Å². The number of carbonyl (C=O) groups is 1. The summed E-state index contributed by atoms with van der Waals surface area (Å²) in [5, 5.41) is 8.72. The molecule has 0 aliphatic carbocycles. The van der Waals surface area contributed by atoms with Gasteiger partial charge in [0, 0.05) is 12.1 Å². The molecule has 0 bridgehead atoms. The highest BCUT2D eigenvalue weighted by Crippen LogP contribution is 2.26. The SMILES string of the molecule is CCCN(CC#N)C(=O)c1ccc(OC)c(Br)c1. The van der Waals surface area contributed by atoms with Crippen molar-refractivity contribution in [2.24, 2.45) is 0 Å². The largest absolute Gasteiger partial charge is 0.496 e. The van der Waals surface area contributed by atoms with Crippen molar-refractivity contribution in [3.8, 4) is 11.8 Å². The molecule has 0 fully saturated rings. The lowest BCUT2D eigenvalue weighted by Gasteiger charge is -2.19. The first-order valence-corrected chi connectivity index (χ1v) is 6.43. The van der Waals surface area contributed by atoms with Gasteiger partial charge in [0.05, 0.1) is 17.7 Å². The molecule has 0 radical (unpaired) electrons. The Hall–Kier alpha value is -1.54. The van der Waals surface area contributed by atoms with Gasteiger partial charge >= 0.3 is 0 Å². The number of methoxy groups -OCH3 is 1. The van der Waals surface area contributed by atoms with Gasteiger partial charge in [0.1, 0.15) is 12.3 Å². The van der Waals surface area contributed by atoms with Gasteiger partial charge < -0.3 is 9.64 Å². The quantitative estimate of drug-likeness (QED) is 0.786. The monoisotopic (exact) mass is 310 g/mol. The minimum absolute atomic E-state index is 0.107. The van der Waals surface area contributed by atoms with Crippen molar-refractivity contribution in [3.63, 3.8) is 0 Å². The van der Waals surface area contributed by atoms with Gasteiger partial charge in [0.15, 0.2) is 0 Å². The fraction of sp³-hybridized carbons (Fsp3) is 0.385. The van der Waals surface area contributed by atoms with Crippen LogP contribution in [-0.4, -0.2) is 31.0 Å². The Kier molecular flexibility index (Phi) is 5.66. The van der Waals surface area contributed by atoms with Crippen LogP contribution in [0.4, 0.5) is 0 Å². The number of ether oxygens (including phenoxy) is 1. The van der Waals surface area contributed by atoms with E-state index < -0.39 is 0 Å². The first-order chi connectivity index (χ1) is 8.63. The normalized spacial score (nSPS) is 9.67. The molecule has 0 aliphatic rings. The average Bonchev–Trinajstić information content (AvgIpc) is 2.37. The van der Waals surface area contributed by atoms with Crippen LogP contribution in [0.5, 0.6) is 5.75 Å². The van der Waals surface area contributed by atoms with E-state index in [1.165, 1.54) is 4.90 Å². The Morgan fingerprint density at radius 2 is 2.28 bits per heavy atom. The highest BCUT2D eigenvalue weighted by molar-refractivity contribution is 9.10. The summed E-state index contributed by atoms with van der Waals surface area (Å²) in [5.41, 5.74) is 0.548. The van der Waals surface area contributed by atoms with Crippen LogP contribution in [0.3, 0.4) is 0 Å². The van der Waals surface area contributed by atoms with Crippen molar-refractivity contribution in [2.45, 2.75) is 13.3 Å². The maximum Gasteiger partial charge on any atom is 0.254 e. The molecular weight excluding hydrogens is 296 g/mol. The van der Waals surface area contributed by atoms with Crippen LogP contribution in [0, 0.1) is 11.3 Å². The Bertz CT molecular complexity index is 469. The number of rotatable bonds is 5. The minimum atomic E-state index is -0.137. The lowest BCUT2D eigenvalue weighted by Crippen LogP contribution is -2.32.